The molecule has 1 aliphatic heterocycles. The Balaban J connectivity index is 0.00000176. The van der Waals surface area contributed by atoms with Gasteiger partial charge in [0.2, 0.25) is 5.95 Å². The average molecular weight is 342 g/mol. The molecule has 0 radical (unpaired) electrons. The summed E-state index contributed by atoms with van der Waals surface area (Å²) in [5.74, 6) is 1.61. The van der Waals surface area contributed by atoms with Crippen LogP contribution in [0, 0.1) is 6.92 Å². The molecule has 0 aromatic carbocycles. The van der Waals surface area contributed by atoms with E-state index in [1.165, 1.54) is 11.3 Å². The molecule has 2 aromatic heterocycles. The molecule has 8 heteroatoms. The number of piperidine rings is 1. The second-order valence-electron chi connectivity index (χ2n) is 5.33. The van der Waals surface area contributed by atoms with Crippen LogP contribution in [0.15, 0.2) is 11.4 Å². The maximum Gasteiger partial charge on any atom is 0.268 e. The summed E-state index contributed by atoms with van der Waals surface area (Å²) in [6, 6.07) is 1.94. The van der Waals surface area contributed by atoms with Gasteiger partial charge in [-0.2, -0.15) is 10.1 Å². The summed E-state index contributed by atoms with van der Waals surface area (Å²) in [4.78, 5) is 17.5. The first-order valence-corrected chi connectivity index (χ1v) is 8.00. The molecule has 0 unspecified atom stereocenters. The van der Waals surface area contributed by atoms with Gasteiger partial charge in [-0.15, -0.1) is 23.7 Å². The molecular formula is C14H20ClN5OS. The smallest absolute Gasteiger partial charge is 0.268 e. The lowest BCUT2D eigenvalue weighted by molar-refractivity contribution is 0.102. The predicted molar refractivity (Wildman–Crippen MR) is 90.1 cm³/mol. The molecule has 0 saturated carbocycles. The topological polar surface area (TPSA) is 71.8 Å². The van der Waals surface area contributed by atoms with E-state index in [1.54, 1.807) is 4.68 Å². The van der Waals surface area contributed by atoms with Crippen molar-refractivity contribution in [3.63, 3.8) is 0 Å². The van der Waals surface area contributed by atoms with Gasteiger partial charge in [0.1, 0.15) is 0 Å². The summed E-state index contributed by atoms with van der Waals surface area (Å²) < 4.78 is 1.65. The Bertz CT molecular complexity index is 647. The number of halogens is 1. The predicted octanol–water partition coefficient (Wildman–Crippen LogP) is 2.33. The molecular weight excluding hydrogens is 322 g/mol. The molecule has 3 rings (SSSR count). The van der Waals surface area contributed by atoms with E-state index < -0.39 is 0 Å². The lowest BCUT2D eigenvalue weighted by atomic mass is 9.98. The number of nitrogens with one attached hydrogen (secondary N) is 2. The second-order valence-corrected chi connectivity index (χ2v) is 6.24. The zero-order valence-electron chi connectivity index (χ0n) is 12.6. The fraction of sp³-hybridized carbons (Fsp3) is 0.500. The normalized spacial score (nSPS) is 15.4. The number of amides is 1. The molecule has 1 amide bonds. The molecule has 6 nitrogen and oxygen atoms in total. The molecule has 2 aromatic rings. The van der Waals surface area contributed by atoms with Crippen molar-refractivity contribution in [1.82, 2.24) is 20.1 Å². The SMILES string of the molecule is Cc1ccsc1C(=O)Nc1nc(C2CCNCC2)nn1C.Cl. The van der Waals surface area contributed by atoms with Crippen LogP contribution < -0.4 is 10.6 Å². The third-order valence-electron chi connectivity index (χ3n) is 3.78. The monoisotopic (exact) mass is 341 g/mol. The van der Waals surface area contributed by atoms with E-state index in [0.29, 0.717) is 11.9 Å². The van der Waals surface area contributed by atoms with Crippen molar-refractivity contribution in [3.8, 4) is 0 Å². The van der Waals surface area contributed by atoms with Gasteiger partial charge in [0.05, 0.1) is 4.88 Å². The molecule has 22 heavy (non-hydrogen) atoms. The van der Waals surface area contributed by atoms with Crippen LogP contribution in [-0.4, -0.2) is 33.8 Å². The molecule has 0 atom stereocenters. The number of nitrogens with zero attached hydrogens (tertiary/aromatic N) is 3. The third-order valence-corrected chi connectivity index (χ3v) is 4.79. The number of aromatic nitrogens is 3. The van der Waals surface area contributed by atoms with Crippen molar-refractivity contribution in [3.05, 3.63) is 27.7 Å². The maximum atomic E-state index is 12.2. The minimum Gasteiger partial charge on any atom is -0.317 e. The Morgan fingerprint density at radius 3 is 2.82 bits per heavy atom. The van der Waals surface area contributed by atoms with Gasteiger partial charge in [-0.3, -0.25) is 10.1 Å². The number of aryl methyl sites for hydroxylation is 2. The van der Waals surface area contributed by atoms with Crippen molar-refractivity contribution < 1.29 is 4.79 Å². The number of anilines is 1. The fourth-order valence-electron chi connectivity index (χ4n) is 2.53. The molecule has 1 aliphatic rings. The standard InChI is InChI=1S/C14H19N5OS.ClH/c1-9-5-8-21-11(9)13(20)17-14-16-12(18-19(14)2)10-3-6-15-7-4-10;/h5,8,10,15H,3-4,6-7H2,1-2H3,(H,16,17,18,20);1H. The highest BCUT2D eigenvalue weighted by Crippen LogP contribution is 2.24. The van der Waals surface area contributed by atoms with Crippen molar-refractivity contribution in [2.24, 2.45) is 7.05 Å². The minimum absolute atomic E-state index is 0. The highest BCUT2D eigenvalue weighted by molar-refractivity contribution is 7.12. The molecule has 0 spiro atoms. The van der Waals surface area contributed by atoms with E-state index in [0.717, 1.165) is 42.2 Å². The van der Waals surface area contributed by atoms with E-state index in [9.17, 15) is 4.79 Å². The first-order chi connectivity index (χ1) is 10.1. The zero-order valence-corrected chi connectivity index (χ0v) is 14.3. The van der Waals surface area contributed by atoms with E-state index in [1.807, 2.05) is 25.4 Å². The van der Waals surface area contributed by atoms with Crippen LogP contribution in [0.4, 0.5) is 5.95 Å². The van der Waals surface area contributed by atoms with Crippen molar-refractivity contribution >= 4 is 35.6 Å². The Morgan fingerprint density at radius 2 is 2.18 bits per heavy atom. The average Bonchev–Trinajstić information content (AvgIpc) is 3.07. The van der Waals surface area contributed by atoms with Gasteiger partial charge in [0.15, 0.2) is 5.82 Å². The van der Waals surface area contributed by atoms with E-state index in [4.69, 9.17) is 0 Å². The first kappa shape index (κ1) is 16.9. The largest absolute Gasteiger partial charge is 0.317 e. The maximum absolute atomic E-state index is 12.2. The number of thiophene rings is 1. The Labute approximate surface area is 139 Å². The van der Waals surface area contributed by atoms with E-state index >= 15 is 0 Å². The number of carbonyl (C=O) groups is 1. The summed E-state index contributed by atoms with van der Waals surface area (Å²) in [5, 5.41) is 12.6. The summed E-state index contributed by atoms with van der Waals surface area (Å²) >= 11 is 1.44. The quantitative estimate of drug-likeness (QED) is 0.898. The van der Waals surface area contributed by atoms with Gasteiger partial charge in [-0.1, -0.05) is 0 Å². The van der Waals surface area contributed by atoms with Crippen LogP contribution >= 0.6 is 23.7 Å². The van der Waals surface area contributed by atoms with Crippen molar-refractivity contribution in [2.75, 3.05) is 18.4 Å². The van der Waals surface area contributed by atoms with Crippen molar-refractivity contribution in [1.29, 1.82) is 0 Å². The van der Waals surface area contributed by atoms with Gasteiger partial charge >= 0.3 is 0 Å². The first-order valence-electron chi connectivity index (χ1n) is 7.12. The fourth-order valence-corrected chi connectivity index (χ4v) is 3.35. The number of rotatable bonds is 3. The van der Waals surface area contributed by atoms with Gasteiger partial charge < -0.3 is 5.32 Å². The Hall–Kier alpha value is -1.44. The van der Waals surface area contributed by atoms with Gasteiger partial charge in [-0.05, 0) is 49.9 Å². The third kappa shape index (κ3) is 3.48. The highest BCUT2D eigenvalue weighted by Gasteiger charge is 2.22. The van der Waals surface area contributed by atoms with Crippen LogP contribution in [0.2, 0.25) is 0 Å². The Kier molecular flexibility index (Phi) is 5.55. The molecule has 1 saturated heterocycles. The number of hydrogen-bond acceptors (Lipinski definition) is 5. The van der Waals surface area contributed by atoms with Crippen LogP contribution in [-0.2, 0) is 7.05 Å². The minimum atomic E-state index is -0.116. The summed E-state index contributed by atoms with van der Waals surface area (Å²) in [6.07, 6.45) is 2.09. The van der Waals surface area contributed by atoms with Gasteiger partial charge in [0, 0.05) is 13.0 Å². The molecule has 120 valence electrons. The zero-order chi connectivity index (χ0) is 14.8. The lowest BCUT2D eigenvalue weighted by Gasteiger charge is -2.19. The Morgan fingerprint density at radius 1 is 1.45 bits per heavy atom. The van der Waals surface area contributed by atoms with E-state index in [-0.39, 0.29) is 18.3 Å². The van der Waals surface area contributed by atoms with Crippen LogP contribution in [0.5, 0.6) is 0 Å². The van der Waals surface area contributed by atoms with Gasteiger partial charge in [-0.25, -0.2) is 4.68 Å². The summed E-state index contributed by atoms with van der Waals surface area (Å²) in [7, 11) is 1.81. The highest BCUT2D eigenvalue weighted by atomic mass is 35.5. The van der Waals surface area contributed by atoms with Gasteiger partial charge in [0.25, 0.3) is 5.91 Å². The molecule has 2 N–H and O–H groups in total. The number of carbonyl (C=O) groups excluding carboxylic acids is 1. The van der Waals surface area contributed by atoms with E-state index in [2.05, 4.69) is 20.7 Å². The molecule has 0 bridgehead atoms. The van der Waals surface area contributed by atoms with Crippen molar-refractivity contribution in [2.45, 2.75) is 25.7 Å². The number of hydrogen-bond donors (Lipinski definition) is 2. The van der Waals surface area contributed by atoms with Crippen LogP contribution in [0.25, 0.3) is 0 Å². The molecule has 1 fully saturated rings. The second kappa shape index (κ2) is 7.21. The lowest BCUT2D eigenvalue weighted by Crippen LogP contribution is -2.27. The van der Waals surface area contributed by atoms with Crippen LogP contribution in [0.1, 0.15) is 39.8 Å². The summed E-state index contributed by atoms with van der Waals surface area (Å²) in [5.41, 5.74) is 0.984. The van der Waals surface area contributed by atoms with Crippen LogP contribution in [0.3, 0.4) is 0 Å². The summed E-state index contributed by atoms with van der Waals surface area (Å²) in [6.45, 7) is 3.93. The molecule has 3 heterocycles. The molecule has 0 aliphatic carbocycles.